The molecule has 2 N–H and O–H groups in total. The summed E-state index contributed by atoms with van der Waals surface area (Å²) < 4.78 is 5.78. The van der Waals surface area contributed by atoms with Gasteiger partial charge in [-0.3, -0.25) is 15.0 Å². The first-order valence-corrected chi connectivity index (χ1v) is 6.60. The summed E-state index contributed by atoms with van der Waals surface area (Å²) in [5.74, 6) is 0.470. The highest BCUT2D eigenvalue weighted by Crippen LogP contribution is 2.27. The number of nitrogens with zero attached hydrogens (tertiary/aromatic N) is 3. The summed E-state index contributed by atoms with van der Waals surface area (Å²) >= 11 is 0. The van der Waals surface area contributed by atoms with Gasteiger partial charge in [-0.15, -0.1) is 0 Å². The van der Waals surface area contributed by atoms with E-state index >= 15 is 0 Å². The van der Waals surface area contributed by atoms with E-state index in [4.69, 9.17) is 10.5 Å². The molecule has 20 heavy (non-hydrogen) atoms. The van der Waals surface area contributed by atoms with E-state index in [1.165, 1.54) is 12.1 Å². The van der Waals surface area contributed by atoms with Crippen molar-refractivity contribution >= 4 is 11.4 Å². The fourth-order valence-electron chi connectivity index (χ4n) is 2.21. The number of nitro groups is 1. The maximum atomic E-state index is 10.9. The largest absolute Gasteiger partial charge is 0.475 e. The van der Waals surface area contributed by atoms with Crippen LogP contribution in [0, 0.1) is 10.1 Å². The van der Waals surface area contributed by atoms with Crippen LogP contribution in [-0.2, 0) is 0 Å². The molecule has 1 unspecified atom stereocenters. The number of likely N-dealkylation sites (N-methyl/N-ethyl adjacent to an activating group) is 1. The number of ether oxygens (including phenoxy) is 1. The average molecular weight is 280 g/mol. The topological polar surface area (TPSA) is 84.9 Å². The molecular formula is C13H20N4O3. The van der Waals surface area contributed by atoms with Crippen LogP contribution >= 0.6 is 0 Å². The van der Waals surface area contributed by atoms with Gasteiger partial charge < -0.3 is 15.4 Å². The van der Waals surface area contributed by atoms with Crippen LogP contribution in [0.15, 0.2) is 18.2 Å². The third-order valence-corrected chi connectivity index (χ3v) is 3.56. The van der Waals surface area contributed by atoms with Gasteiger partial charge in [0.05, 0.1) is 11.0 Å². The van der Waals surface area contributed by atoms with Gasteiger partial charge in [-0.2, -0.15) is 0 Å². The van der Waals surface area contributed by atoms with E-state index in [0.29, 0.717) is 5.75 Å². The fraction of sp³-hybridized carbons (Fsp3) is 0.538. The molecule has 1 atom stereocenters. The van der Waals surface area contributed by atoms with Crippen molar-refractivity contribution in [3.05, 3.63) is 28.3 Å². The Morgan fingerprint density at radius 1 is 1.35 bits per heavy atom. The van der Waals surface area contributed by atoms with E-state index in [1.54, 1.807) is 6.07 Å². The minimum atomic E-state index is -0.497. The normalized spacial score (nSPS) is 18.7. The minimum absolute atomic E-state index is 0.118. The number of nitrogens with two attached hydrogens (primary N) is 1. The second-order valence-corrected chi connectivity index (χ2v) is 5.03. The molecule has 7 heteroatoms. The summed E-state index contributed by atoms with van der Waals surface area (Å²) in [7, 11) is 2.09. The van der Waals surface area contributed by atoms with Crippen molar-refractivity contribution in [3.63, 3.8) is 0 Å². The van der Waals surface area contributed by atoms with Gasteiger partial charge in [-0.05, 0) is 26.1 Å². The van der Waals surface area contributed by atoms with E-state index < -0.39 is 4.92 Å². The fourth-order valence-corrected chi connectivity index (χ4v) is 2.21. The Balaban J connectivity index is 2.02. The number of nitro benzene ring substituents is 1. The van der Waals surface area contributed by atoms with Crippen molar-refractivity contribution in [2.45, 2.75) is 13.2 Å². The van der Waals surface area contributed by atoms with Gasteiger partial charge in [-0.1, -0.05) is 0 Å². The Kier molecular flexibility index (Phi) is 4.41. The Labute approximate surface area is 118 Å². The molecule has 1 aliphatic rings. The maximum absolute atomic E-state index is 10.9. The summed E-state index contributed by atoms with van der Waals surface area (Å²) in [6.07, 6.45) is -0.119. The standard InChI is InChI=1S/C13H20N4O3/c1-10(16-7-5-15(2)6-8-16)20-11-3-4-12(14)13(9-11)17(18)19/h3-4,9-10H,5-8,14H2,1-2H3. The van der Waals surface area contributed by atoms with E-state index in [0.717, 1.165) is 26.2 Å². The molecule has 0 aromatic heterocycles. The number of benzene rings is 1. The summed E-state index contributed by atoms with van der Waals surface area (Å²) in [5.41, 5.74) is 5.60. The van der Waals surface area contributed by atoms with Gasteiger partial charge in [0.2, 0.25) is 0 Å². The first-order chi connectivity index (χ1) is 9.47. The highest BCUT2D eigenvalue weighted by molar-refractivity contribution is 5.60. The van der Waals surface area contributed by atoms with Crippen LogP contribution in [0.25, 0.3) is 0 Å². The van der Waals surface area contributed by atoms with E-state index in [9.17, 15) is 10.1 Å². The lowest BCUT2D eigenvalue weighted by atomic mass is 10.2. The highest BCUT2D eigenvalue weighted by atomic mass is 16.6. The van der Waals surface area contributed by atoms with Crippen molar-refractivity contribution in [2.75, 3.05) is 39.0 Å². The second-order valence-electron chi connectivity index (χ2n) is 5.03. The molecule has 1 saturated heterocycles. The molecule has 1 fully saturated rings. The molecule has 1 aromatic rings. The Bertz CT molecular complexity index is 487. The summed E-state index contributed by atoms with van der Waals surface area (Å²) in [6.45, 7) is 5.79. The number of hydrogen-bond donors (Lipinski definition) is 1. The number of anilines is 1. The molecule has 1 aromatic carbocycles. The molecule has 0 radical (unpaired) electrons. The molecule has 1 heterocycles. The van der Waals surface area contributed by atoms with Crippen molar-refractivity contribution in [2.24, 2.45) is 0 Å². The van der Waals surface area contributed by atoms with Gasteiger partial charge in [0.15, 0.2) is 0 Å². The zero-order chi connectivity index (χ0) is 14.7. The van der Waals surface area contributed by atoms with Crippen molar-refractivity contribution in [3.8, 4) is 5.75 Å². The molecule has 0 amide bonds. The third-order valence-electron chi connectivity index (χ3n) is 3.56. The number of nitrogen functional groups attached to an aromatic ring is 1. The van der Waals surface area contributed by atoms with E-state index in [-0.39, 0.29) is 17.6 Å². The lowest BCUT2D eigenvalue weighted by Gasteiger charge is -2.36. The molecule has 0 spiro atoms. The molecule has 110 valence electrons. The van der Waals surface area contributed by atoms with Gasteiger partial charge in [0, 0.05) is 26.2 Å². The summed E-state index contributed by atoms with van der Waals surface area (Å²) in [4.78, 5) is 14.8. The van der Waals surface area contributed by atoms with Gasteiger partial charge in [0.25, 0.3) is 5.69 Å². The lowest BCUT2D eigenvalue weighted by molar-refractivity contribution is -0.384. The average Bonchev–Trinajstić information content (AvgIpc) is 2.41. The molecule has 1 aliphatic heterocycles. The second kappa shape index (κ2) is 6.06. The number of piperazine rings is 1. The van der Waals surface area contributed by atoms with Gasteiger partial charge in [-0.25, -0.2) is 0 Å². The number of hydrogen-bond acceptors (Lipinski definition) is 6. The first kappa shape index (κ1) is 14.5. The van der Waals surface area contributed by atoms with Crippen LogP contribution in [0.3, 0.4) is 0 Å². The van der Waals surface area contributed by atoms with Crippen molar-refractivity contribution in [1.82, 2.24) is 9.80 Å². The van der Waals surface area contributed by atoms with Crippen molar-refractivity contribution in [1.29, 1.82) is 0 Å². The van der Waals surface area contributed by atoms with Crippen LogP contribution < -0.4 is 10.5 Å². The monoisotopic (exact) mass is 280 g/mol. The molecule has 0 aliphatic carbocycles. The van der Waals surface area contributed by atoms with Crippen LogP contribution in [0.5, 0.6) is 5.75 Å². The van der Waals surface area contributed by atoms with Crippen LogP contribution in [-0.4, -0.2) is 54.2 Å². The quantitative estimate of drug-likeness (QED) is 0.506. The predicted octanol–water partition coefficient (Wildman–Crippen LogP) is 1.15. The lowest BCUT2D eigenvalue weighted by Crippen LogP contribution is -2.49. The molecule has 2 rings (SSSR count). The van der Waals surface area contributed by atoms with Crippen LogP contribution in [0.2, 0.25) is 0 Å². The van der Waals surface area contributed by atoms with Gasteiger partial charge >= 0.3 is 0 Å². The predicted molar refractivity (Wildman–Crippen MR) is 76.7 cm³/mol. The first-order valence-electron chi connectivity index (χ1n) is 6.60. The molecular weight excluding hydrogens is 260 g/mol. The molecule has 0 bridgehead atoms. The smallest absolute Gasteiger partial charge is 0.295 e. The van der Waals surface area contributed by atoms with Crippen molar-refractivity contribution < 1.29 is 9.66 Å². The van der Waals surface area contributed by atoms with E-state index in [1.807, 2.05) is 6.92 Å². The summed E-state index contributed by atoms with van der Waals surface area (Å²) in [6, 6.07) is 4.54. The van der Waals surface area contributed by atoms with Crippen LogP contribution in [0.1, 0.15) is 6.92 Å². The van der Waals surface area contributed by atoms with Crippen LogP contribution in [0.4, 0.5) is 11.4 Å². The zero-order valence-electron chi connectivity index (χ0n) is 11.8. The van der Waals surface area contributed by atoms with Gasteiger partial charge in [0.1, 0.15) is 17.7 Å². The highest BCUT2D eigenvalue weighted by Gasteiger charge is 2.21. The number of rotatable bonds is 4. The zero-order valence-corrected chi connectivity index (χ0v) is 11.8. The third kappa shape index (κ3) is 3.37. The SMILES string of the molecule is CC(Oc1ccc(N)c([N+](=O)[O-])c1)N1CCN(C)CC1. The molecule has 7 nitrogen and oxygen atoms in total. The summed E-state index contributed by atoms with van der Waals surface area (Å²) in [5, 5.41) is 10.9. The Hall–Kier alpha value is -1.86. The minimum Gasteiger partial charge on any atom is -0.475 e. The van der Waals surface area contributed by atoms with E-state index in [2.05, 4.69) is 16.8 Å². The molecule has 0 saturated carbocycles. The Morgan fingerprint density at radius 3 is 2.60 bits per heavy atom. The maximum Gasteiger partial charge on any atom is 0.295 e. The Morgan fingerprint density at radius 2 is 2.00 bits per heavy atom.